The molecule has 0 atom stereocenters. The summed E-state index contributed by atoms with van der Waals surface area (Å²) in [7, 11) is 0. The van der Waals surface area contributed by atoms with Gasteiger partial charge < -0.3 is 15.4 Å². The Kier molecular flexibility index (Phi) is 6.89. The molecule has 1 aromatic heterocycles. The Morgan fingerprint density at radius 1 is 1.11 bits per heavy atom. The van der Waals surface area contributed by atoms with Gasteiger partial charge in [0.05, 0.1) is 39.0 Å². The van der Waals surface area contributed by atoms with Crippen LogP contribution in [0.2, 0.25) is 0 Å². The lowest BCUT2D eigenvalue weighted by Gasteiger charge is -2.11. The second-order valence-corrected chi connectivity index (χ2v) is 8.15. The van der Waals surface area contributed by atoms with Crippen LogP contribution in [-0.2, 0) is 9.59 Å². The number of hydrogen-bond donors (Lipinski definition) is 2. The topological polar surface area (TPSA) is 80.3 Å². The van der Waals surface area contributed by atoms with Crippen LogP contribution in [-0.4, -0.2) is 34.9 Å². The van der Waals surface area contributed by atoms with Gasteiger partial charge in [-0.1, -0.05) is 12.1 Å². The Morgan fingerprint density at radius 2 is 1.86 bits per heavy atom. The van der Waals surface area contributed by atoms with E-state index in [1.807, 2.05) is 44.2 Å². The maximum atomic E-state index is 12.1. The van der Waals surface area contributed by atoms with Crippen LogP contribution < -0.4 is 15.4 Å². The lowest BCUT2D eigenvalue weighted by atomic mass is 10.3. The molecule has 0 bridgehead atoms. The number of carbonyl (C=O) groups is 2. The number of amides is 2. The van der Waals surface area contributed by atoms with Crippen molar-refractivity contribution in [3.05, 3.63) is 47.5 Å². The Labute approximate surface area is 171 Å². The summed E-state index contributed by atoms with van der Waals surface area (Å²) in [6.07, 6.45) is 0. The minimum absolute atomic E-state index is 0.145. The van der Waals surface area contributed by atoms with E-state index in [9.17, 15) is 9.59 Å². The molecule has 0 saturated heterocycles. The van der Waals surface area contributed by atoms with Crippen LogP contribution in [0.3, 0.4) is 0 Å². The van der Waals surface area contributed by atoms with Gasteiger partial charge >= 0.3 is 0 Å². The predicted molar refractivity (Wildman–Crippen MR) is 117 cm³/mol. The number of thioether (sulfide) groups is 1. The minimum atomic E-state index is -0.175. The number of aryl methyl sites for hydroxylation is 1. The second-order valence-electron chi connectivity index (χ2n) is 5.93. The monoisotopic (exact) mass is 415 g/mol. The fourth-order valence-electron chi connectivity index (χ4n) is 2.59. The van der Waals surface area contributed by atoms with Crippen LogP contribution in [0.1, 0.15) is 11.9 Å². The van der Waals surface area contributed by atoms with Crippen molar-refractivity contribution in [1.29, 1.82) is 0 Å². The smallest absolute Gasteiger partial charge is 0.234 e. The van der Waals surface area contributed by atoms with Crippen molar-refractivity contribution >= 4 is 56.5 Å². The Morgan fingerprint density at radius 3 is 2.64 bits per heavy atom. The van der Waals surface area contributed by atoms with Crippen molar-refractivity contribution in [2.24, 2.45) is 0 Å². The summed E-state index contributed by atoms with van der Waals surface area (Å²) in [5, 5.41) is 6.67. The van der Waals surface area contributed by atoms with Crippen molar-refractivity contribution in [1.82, 2.24) is 4.98 Å². The van der Waals surface area contributed by atoms with Gasteiger partial charge in [-0.3, -0.25) is 9.59 Å². The largest absolute Gasteiger partial charge is 0.492 e. The molecule has 0 fully saturated rings. The third kappa shape index (κ3) is 5.46. The van der Waals surface area contributed by atoms with E-state index in [0.717, 1.165) is 20.9 Å². The van der Waals surface area contributed by atoms with Crippen LogP contribution in [0.15, 0.2) is 42.5 Å². The molecule has 0 unspecified atom stereocenters. The molecule has 0 radical (unpaired) electrons. The summed E-state index contributed by atoms with van der Waals surface area (Å²) in [5.41, 5.74) is 2.29. The van der Waals surface area contributed by atoms with Crippen LogP contribution in [0, 0.1) is 6.92 Å². The van der Waals surface area contributed by atoms with E-state index in [0.29, 0.717) is 18.0 Å². The van der Waals surface area contributed by atoms with Crippen molar-refractivity contribution in [2.75, 3.05) is 28.7 Å². The van der Waals surface area contributed by atoms with E-state index >= 15 is 0 Å². The van der Waals surface area contributed by atoms with E-state index in [4.69, 9.17) is 4.74 Å². The average molecular weight is 416 g/mol. The van der Waals surface area contributed by atoms with Crippen LogP contribution in [0.5, 0.6) is 5.75 Å². The maximum absolute atomic E-state index is 12.1. The number of nitrogens with zero attached hydrogens (tertiary/aromatic N) is 1. The molecule has 1 heterocycles. The van der Waals surface area contributed by atoms with Gasteiger partial charge in [0.25, 0.3) is 0 Å². The zero-order valence-electron chi connectivity index (χ0n) is 15.7. The molecule has 0 spiro atoms. The average Bonchev–Trinajstić information content (AvgIpc) is 3.03. The number of fused-ring (bicyclic) bond motifs is 1. The second kappa shape index (κ2) is 9.57. The fourth-order valence-corrected chi connectivity index (χ4v) is 4.07. The molecule has 3 aromatic rings. The number of para-hydroxylation sites is 2. The molecule has 28 heavy (non-hydrogen) atoms. The summed E-state index contributed by atoms with van der Waals surface area (Å²) in [6.45, 7) is 4.37. The number of carbonyl (C=O) groups excluding carboxylic acids is 2. The van der Waals surface area contributed by atoms with Gasteiger partial charge in [-0.05, 0) is 44.2 Å². The summed E-state index contributed by atoms with van der Waals surface area (Å²) in [5.74, 6) is 0.690. The van der Waals surface area contributed by atoms with E-state index in [-0.39, 0.29) is 23.3 Å². The Hall–Kier alpha value is -2.58. The molecule has 0 saturated carbocycles. The molecule has 0 aliphatic carbocycles. The number of aromatic nitrogens is 1. The van der Waals surface area contributed by atoms with E-state index in [1.165, 1.54) is 11.8 Å². The highest BCUT2D eigenvalue weighted by atomic mass is 32.2. The number of anilines is 2. The molecule has 8 heteroatoms. The standard InChI is InChI=1S/C20H21N3O3S2/c1-3-26-17-7-5-4-6-15(17)23-20(25)12-27-11-19(24)22-14-8-9-16-18(10-14)28-13(2)21-16/h4-10H,3,11-12H2,1-2H3,(H,22,24)(H,23,25). The molecular formula is C20H21N3O3S2. The van der Waals surface area contributed by atoms with Crippen LogP contribution >= 0.6 is 23.1 Å². The number of rotatable bonds is 8. The van der Waals surface area contributed by atoms with Gasteiger partial charge in [-0.2, -0.15) is 0 Å². The lowest BCUT2D eigenvalue weighted by molar-refractivity contribution is -0.114. The number of benzene rings is 2. The highest BCUT2D eigenvalue weighted by Crippen LogP contribution is 2.25. The van der Waals surface area contributed by atoms with Crippen molar-refractivity contribution < 1.29 is 14.3 Å². The zero-order valence-corrected chi connectivity index (χ0v) is 17.3. The first-order valence-electron chi connectivity index (χ1n) is 8.81. The van der Waals surface area contributed by atoms with E-state index < -0.39 is 0 Å². The number of hydrogen-bond acceptors (Lipinski definition) is 6. The molecule has 3 rings (SSSR count). The number of nitrogens with one attached hydrogen (secondary N) is 2. The number of thiazole rings is 1. The SMILES string of the molecule is CCOc1ccccc1NC(=O)CSCC(=O)Nc1ccc2nc(C)sc2c1. The third-order valence-corrected chi connectivity index (χ3v) is 5.57. The molecular weight excluding hydrogens is 394 g/mol. The van der Waals surface area contributed by atoms with Crippen molar-refractivity contribution in [3.63, 3.8) is 0 Å². The number of ether oxygens (including phenoxy) is 1. The van der Waals surface area contributed by atoms with Crippen LogP contribution in [0.4, 0.5) is 11.4 Å². The summed E-state index contributed by atoms with van der Waals surface area (Å²) in [4.78, 5) is 28.7. The minimum Gasteiger partial charge on any atom is -0.492 e. The Bertz CT molecular complexity index is 988. The lowest BCUT2D eigenvalue weighted by Crippen LogP contribution is -2.18. The normalized spacial score (nSPS) is 10.6. The third-order valence-electron chi connectivity index (χ3n) is 3.71. The van der Waals surface area contributed by atoms with Gasteiger partial charge in [0.15, 0.2) is 0 Å². The van der Waals surface area contributed by atoms with Gasteiger partial charge in [-0.25, -0.2) is 4.98 Å². The first kappa shape index (κ1) is 20.2. The molecule has 2 aromatic carbocycles. The summed E-state index contributed by atoms with van der Waals surface area (Å²) < 4.78 is 6.53. The van der Waals surface area contributed by atoms with Gasteiger partial charge in [0.1, 0.15) is 5.75 Å². The van der Waals surface area contributed by atoms with E-state index in [2.05, 4.69) is 15.6 Å². The quantitative estimate of drug-likeness (QED) is 0.573. The van der Waals surface area contributed by atoms with Gasteiger partial charge in [0, 0.05) is 5.69 Å². The van der Waals surface area contributed by atoms with Gasteiger partial charge in [-0.15, -0.1) is 23.1 Å². The first-order valence-corrected chi connectivity index (χ1v) is 10.8. The zero-order chi connectivity index (χ0) is 19.9. The molecule has 2 N–H and O–H groups in total. The molecule has 2 amide bonds. The Balaban J connectivity index is 1.46. The van der Waals surface area contributed by atoms with Crippen molar-refractivity contribution in [3.8, 4) is 5.75 Å². The van der Waals surface area contributed by atoms with Gasteiger partial charge in [0.2, 0.25) is 11.8 Å². The van der Waals surface area contributed by atoms with E-state index in [1.54, 1.807) is 23.5 Å². The van der Waals surface area contributed by atoms with Crippen LogP contribution in [0.25, 0.3) is 10.2 Å². The van der Waals surface area contributed by atoms with Crippen molar-refractivity contribution in [2.45, 2.75) is 13.8 Å². The molecule has 0 aliphatic rings. The predicted octanol–water partition coefficient (Wildman–Crippen LogP) is 4.31. The summed E-state index contributed by atoms with van der Waals surface area (Å²) >= 11 is 2.85. The fraction of sp³-hybridized carbons (Fsp3) is 0.250. The summed E-state index contributed by atoms with van der Waals surface area (Å²) in [6, 6.07) is 12.9. The highest BCUT2D eigenvalue weighted by molar-refractivity contribution is 8.00. The first-order chi connectivity index (χ1) is 13.5. The highest BCUT2D eigenvalue weighted by Gasteiger charge is 2.10. The molecule has 146 valence electrons. The molecule has 0 aliphatic heterocycles. The molecule has 6 nitrogen and oxygen atoms in total. The maximum Gasteiger partial charge on any atom is 0.234 e.